The van der Waals surface area contributed by atoms with Crippen molar-refractivity contribution >= 4 is 11.5 Å². The lowest BCUT2D eigenvalue weighted by atomic mass is 9.98. The zero-order valence-corrected chi connectivity index (χ0v) is 14.1. The molecule has 0 unspecified atom stereocenters. The molecule has 1 aromatic heterocycles. The van der Waals surface area contributed by atoms with Crippen molar-refractivity contribution in [1.82, 2.24) is 4.98 Å². The number of ether oxygens (including phenoxy) is 2. The molecule has 24 heavy (non-hydrogen) atoms. The molecule has 1 N–H and O–H groups in total. The van der Waals surface area contributed by atoms with Crippen LogP contribution >= 0.6 is 0 Å². The van der Waals surface area contributed by atoms with Crippen LogP contribution in [0.2, 0.25) is 0 Å². The van der Waals surface area contributed by atoms with Gasteiger partial charge in [-0.15, -0.1) is 0 Å². The predicted molar refractivity (Wildman–Crippen MR) is 91.6 cm³/mol. The molecule has 2 aromatic rings. The first-order valence-electron chi connectivity index (χ1n) is 7.61. The SMILES string of the molecule is COC(=O)/C(=C/CO)c1cc(COc2cccc(C)n2)ccc1C. The number of carbonyl (C=O) groups excluding carboxylic acids is 1. The molecule has 0 radical (unpaired) electrons. The lowest BCUT2D eigenvalue weighted by Crippen LogP contribution is -2.07. The van der Waals surface area contributed by atoms with Crippen LogP contribution in [0.15, 0.2) is 42.5 Å². The zero-order chi connectivity index (χ0) is 17.5. The Bertz CT molecular complexity index is 753. The minimum absolute atomic E-state index is 0.238. The molecule has 0 aliphatic carbocycles. The van der Waals surface area contributed by atoms with E-state index in [-0.39, 0.29) is 6.61 Å². The Hall–Kier alpha value is -2.66. The lowest BCUT2D eigenvalue weighted by molar-refractivity contribution is -0.133. The molecule has 2 rings (SSSR count). The summed E-state index contributed by atoms with van der Waals surface area (Å²) in [4.78, 5) is 16.2. The summed E-state index contributed by atoms with van der Waals surface area (Å²) >= 11 is 0. The van der Waals surface area contributed by atoms with Crippen molar-refractivity contribution in [2.24, 2.45) is 0 Å². The normalized spacial score (nSPS) is 11.2. The Morgan fingerprint density at radius 2 is 2.04 bits per heavy atom. The fourth-order valence-corrected chi connectivity index (χ4v) is 2.31. The second-order valence-corrected chi connectivity index (χ2v) is 5.35. The van der Waals surface area contributed by atoms with Crippen molar-refractivity contribution in [2.45, 2.75) is 20.5 Å². The van der Waals surface area contributed by atoms with Gasteiger partial charge in [0.2, 0.25) is 5.88 Å². The van der Waals surface area contributed by atoms with Crippen molar-refractivity contribution < 1.29 is 19.4 Å². The van der Waals surface area contributed by atoms with Gasteiger partial charge in [-0.2, -0.15) is 0 Å². The van der Waals surface area contributed by atoms with Gasteiger partial charge in [-0.3, -0.25) is 0 Å². The minimum atomic E-state index is -0.481. The summed E-state index contributed by atoms with van der Waals surface area (Å²) in [6.45, 7) is 3.89. The molecular formula is C19H21NO4. The molecule has 0 bridgehead atoms. The molecule has 1 heterocycles. The summed E-state index contributed by atoms with van der Waals surface area (Å²) in [6.07, 6.45) is 1.45. The third kappa shape index (κ3) is 4.43. The van der Waals surface area contributed by atoms with Crippen molar-refractivity contribution in [3.05, 3.63) is 64.9 Å². The van der Waals surface area contributed by atoms with Gasteiger partial charge < -0.3 is 14.6 Å². The number of nitrogens with zero attached hydrogens (tertiary/aromatic N) is 1. The Labute approximate surface area is 141 Å². The quantitative estimate of drug-likeness (QED) is 0.653. The van der Waals surface area contributed by atoms with Crippen molar-refractivity contribution in [2.75, 3.05) is 13.7 Å². The Kier molecular flexibility index (Phi) is 6.09. The van der Waals surface area contributed by atoms with Crippen molar-refractivity contribution in [3.8, 4) is 5.88 Å². The Morgan fingerprint density at radius 1 is 1.25 bits per heavy atom. The highest BCUT2D eigenvalue weighted by Gasteiger charge is 2.15. The molecule has 126 valence electrons. The van der Waals surface area contributed by atoms with Gasteiger partial charge in [0.05, 0.1) is 19.3 Å². The average Bonchev–Trinajstić information content (AvgIpc) is 2.58. The van der Waals surface area contributed by atoms with Crippen LogP contribution in [0.1, 0.15) is 22.4 Å². The van der Waals surface area contributed by atoms with Crippen LogP contribution in [0, 0.1) is 13.8 Å². The number of benzene rings is 1. The number of aliphatic hydroxyl groups is 1. The van der Waals surface area contributed by atoms with Gasteiger partial charge in [0.25, 0.3) is 0 Å². The summed E-state index contributed by atoms with van der Waals surface area (Å²) < 4.78 is 10.5. The Morgan fingerprint density at radius 3 is 2.71 bits per heavy atom. The van der Waals surface area contributed by atoms with Crippen LogP contribution in [0.25, 0.3) is 5.57 Å². The van der Waals surface area contributed by atoms with Gasteiger partial charge in [-0.05, 0) is 48.7 Å². The largest absolute Gasteiger partial charge is 0.473 e. The highest BCUT2D eigenvalue weighted by Crippen LogP contribution is 2.22. The fourth-order valence-electron chi connectivity index (χ4n) is 2.31. The summed E-state index contributed by atoms with van der Waals surface area (Å²) in [7, 11) is 1.32. The maximum Gasteiger partial charge on any atom is 0.338 e. The average molecular weight is 327 g/mol. The molecule has 5 nitrogen and oxygen atoms in total. The molecular weight excluding hydrogens is 306 g/mol. The van der Waals surface area contributed by atoms with Crippen molar-refractivity contribution in [1.29, 1.82) is 0 Å². The van der Waals surface area contributed by atoms with Gasteiger partial charge in [-0.1, -0.05) is 18.2 Å². The number of hydrogen-bond acceptors (Lipinski definition) is 5. The van der Waals surface area contributed by atoms with E-state index in [9.17, 15) is 4.79 Å². The number of aryl methyl sites for hydroxylation is 2. The van der Waals surface area contributed by atoms with E-state index in [0.717, 1.165) is 16.8 Å². The number of hydrogen-bond donors (Lipinski definition) is 1. The number of carbonyl (C=O) groups is 1. The second-order valence-electron chi connectivity index (χ2n) is 5.35. The van der Waals surface area contributed by atoms with Crippen LogP contribution in [-0.2, 0) is 16.1 Å². The van der Waals surface area contributed by atoms with Crippen LogP contribution in [0.3, 0.4) is 0 Å². The van der Waals surface area contributed by atoms with E-state index < -0.39 is 5.97 Å². The maximum atomic E-state index is 11.9. The minimum Gasteiger partial charge on any atom is -0.473 e. The molecule has 0 spiro atoms. The number of aliphatic hydroxyl groups excluding tert-OH is 1. The fraction of sp³-hybridized carbons (Fsp3) is 0.263. The number of rotatable bonds is 6. The number of methoxy groups -OCH3 is 1. The van der Waals surface area contributed by atoms with E-state index in [4.69, 9.17) is 14.6 Å². The standard InChI is InChI=1S/C19H21NO4/c1-13-7-8-15(12-24-18-6-4-5-14(2)20-18)11-17(13)16(9-10-21)19(22)23-3/h4-9,11,21H,10,12H2,1-3H3/b16-9+. The van der Waals surface area contributed by atoms with Gasteiger partial charge in [0.15, 0.2) is 0 Å². The molecule has 5 heteroatoms. The molecule has 0 fully saturated rings. The van der Waals surface area contributed by atoms with Crippen LogP contribution in [-0.4, -0.2) is 29.8 Å². The van der Waals surface area contributed by atoms with E-state index in [0.29, 0.717) is 23.6 Å². The third-order valence-corrected chi connectivity index (χ3v) is 3.54. The number of pyridine rings is 1. The summed E-state index contributed by atoms with van der Waals surface area (Å²) in [5.74, 6) is 0.0711. The summed E-state index contributed by atoms with van der Waals surface area (Å²) in [5, 5.41) is 9.16. The highest BCUT2D eigenvalue weighted by molar-refractivity contribution is 6.16. The summed E-state index contributed by atoms with van der Waals surface area (Å²) in [5.41, 5.74) is 3.75. The molecule has 0 saturated heterocycles. The number of aromatic nitrogens is 1. The first-order valence-corrected chi connectivity index (χ1v) is 7.61. The molecule has 0 aliphatic rings. The molecule has 0 amide bonds. The first kappa shape index (κ1) is 17.7. The molecule has 0 aliphatic heterocycles. The second kappa shape index (κ2) is 8.26. The predicted octanol–water partition coefficient (Wildman–Crippen LogP) is 2.83. The van der Waals surface area contributed by atoms with Gasteiger partial charge in [0.1, 0.15) is 6.61 Å². The maximum absolute atomic E-state index is 11.9. The van der Waals surface area contributed by atoms with E-state index in [1.165, 1.54) is 13.2 Å². The molecule has 0 atom stereocenters. The highest BCUT2D eigenvalue weighted by atomic mass is 16.5. The zero-order valence-electron chi connectivity index (χ0n) is 14.1. The number of esters is 1. The topological polar surface area (TPSA) is 68.7 Å². The van der Waals surface area contributed by atoms with E-state index >= 15 is 0 Å². The van der Waals surface area contributed by atoms with E-state index in [1.54, 1.807) is 6.07 Å². The summed E-state index contributed by atoms with van der Waals surface area (Å²) in [6, 6.07) is 11.3. The molecule has 1 aromatic carbocycles. The van der Waals surface area contributed by atoms with E-state index in [2.05, 4.69) is 4.98 Å². The van der Waals surface area contributed by atoms with Crippen molar-refractivity contribution in [3.63, 3.8) is 0 Å². The lowest BCUT2D eigenvalue weighted by Gasteiger charge is -2.12. The first-order chi connectivity index (χ1) is 11.5. The van der Waals surface area contributed by atoms with Crippen LogP contribution in [0.4, 0.5) is 0 Å². The van der Waals surface area contributed by atoms with Gasteiger partial charge >= 0.3 is 5.97 Å². The smallest absolute Gasteiger partial charge is 0.338 e. The van der Waals surface area contributed by atoms with Crippen LogP contribution in [0.5, 0.6) is 5.88 Å². The Balaban J connectivity index is 2.24. The van der Waals surface area contributed by atoms with E-state index in [1.807, 2.05) is 44.2 Å². The molecule has 0 saturated carbocycles. The monoisotopic (exact) mass is 327 g/mol. The third-order valence-electron chi connectivity index (χ3n) is 3.54. The van der Waals surface area contributed by atoms with Gasteiger partial charge in [-0.25, -0.2) is 9.78 Å². The van der Waals surface area contributed by atoms with Gasteiger partial charge in [0, 0.05) is 11.8 Å². The van der Waals surface area contributed by atoms with Crippen LogP contribution < -0.4 is 4.74 Å².